The SMILES string of the molecule is CSc1c(/C=N/N=C(N)N)sc2ccccc12. The molecule has 1 aromatic carbocycles. The second kappa shape index (κ2) is 5.20. The van der Waals surface area contributed by atoms with Gasteiger partial charge in [0.15, 0.2) is 0 Å². The first-order valence-electron chi connectivity index (χ1n) is 4.90. The van der Waals surface area contributed by atoms with Crippen molar-refractivity contribution >= 4 is 45.4 Å². The summed E-state index contributed by atoms with van der Waals surface area (Å²) in [5.41, 5.74) is 10.4. The molecule has 88 valence electrons. The smallest absolute Gasteiger partial charge is 0.211 e. The Bertz CT molecular complexity index is 582. The highest BCUT2D eigenvalue weighted by atomic mass is 32.2. The molecule has 0 aliphatic carbocycles. The maximum absolute atomic E-state index is 5.21. The predicted molar refractivity (Wildman–Crippen MR) is 77.0 cm³/mol. The molecule has 0 bridgehead atoms. The van der Waals surface area contributed by atoms with Crippen molar-refractivity contribution in [3.8, 4) is 0 Å². The molecule has 0 spiro atoms. The summed E-state index contributed by atoms with van der Waals surface area (Å²) in [5, 5.41) is 8.71. The Morgan fingerprint density at radius 2 is 2.12 bits per heavy atom. The Morgan fingerprint density at radius 1 is 1.35 bits per heavy atom. The Balaban J connectivity index is 2.46. The number of hydrogen-bond donors (Lipinski definition) is 2. The van der Waals surface area contributed by atoms with Crippen LogP contribution in [0.4, 0.5) is 0 Å². The van der Waals surface area contributed by atoms with Crippen molar-refractivity contribution in [2.45, 2.75) is 4.90 Å². The molecule has 2 aromatic rings. The summed E-state index contributed by atoms with van der Waals surface area (Å²) in [6, 6.07) is 8.26. The van der Waals surface area contributed by atoms with Gasteiger partial charge < -0.3 is 11.5 Å². The van der Waals surface area contributed by atoms with Crippen LogP contribution in [0.3, 0.4) is 0 Å². The van der Waals surface area contributed by atoms with E-state index in [0.717, 1.165) is 4.88 Å². The number of thioether (sulfide) groups is 1. The monoisotopic (exact) mass is 264 g/mol. The van der Waals surface area contributed by atoms with Crippen molar-refractivity contribution < 1.29 is 0 Å². The van der Waals surface area contributed by atoms with Gasteiger partial charge in [0.25, 0.3) is 0 Å². The quantitative estimate of drug-likeness (QED) is 0.386. The Labute approximate surface area is 107 Å². The van der Waals surface area contributed by atoms with E-state index in [2.05, 4.69) is 22.3 Å². The lowest BCUT2D eigenvalue weighted by Crippen LogP contribution is -2.21. The van der Waals surface area contributed by atoms with E-state index >= 15 is 0 Å². The molecule has 0 fully saturated rings. The molecule has 0 aliphatic heterocycles. The zero-order valence-corrected chi connectivity index (χ0v) is 10.9. The van der Waals surface area contributed by atoms with Gasteiger partial charge in [-0.3, -0.25) is 0 Å². The first-order chi connectivity index (χ1) is 8.22. The molecule has 0 amide bonds. The number of benzene rings is 1. The maximum Gasteiger partial charge on any atom is 0.211 e. The van der Waals surface area contributed by atoms with Crippen molar-refractivity contribution in [1.29, 1.82) is 0 Å². The van der Waals surface area contributed by atoms with E-state index in [1.165, 1.54) is 15.0 Å². The average molecular weight is 264 g/mol. The number of nitrogens with zero attached hydrogens (tertiary/aromatic N) is 2. The van der Waals surface area contributed by atoms with E-state index in [1.807, 2.05) is 18.4 Å². The zero-order valence-electron chi connectivity index (χ0n) is 9.25. The van der Waals surface area contributed by atoms with Crippen molar-refractivity contribution in [2.75, 3.05) is 6.26 Å². The first-order valence-corrected chi connectivity index (χ1v) is 6.94. The summed E-state index contributed by atoms with van der Waals surface area (Å²) in [6.45, 7) is 0. The molecule has 0 saturated carbocycles. The molecular weight excluding hydrogens is 252 g/mol. The second-order valence-corrected chi connectivity index (χ2v) is 5.17. The predicted octanol–water partition coefficient (Wildman–Crippen LogP) is 2.23. The lowest BCUT2D eigenvalue weighted by molar-refractivity contribution is 1.21. The van der Waals surface area contributed by atoms with E-state index < -0.39 is 0 Å². The highest BCUT2D eigenvalue weighted by Crippen LogP contribution is 2.36. The van der Waals surface area contributed by atoms with Gasteiger partial charge in [0.05, 0.1) is 11.1 Å². The average Bonchev–Trinajstić information content (AvgIpc) is 2.66. The minimum absolute atomic E-state index is 0.0342. The molecule has 17 heavy (non-hydrogen) atoms. The second-order valence-electron chi connectivity index (χ2n) is 3.27. The fourth-order valence-electron chi connectivity index (χ4n) is 1.48. The third-order valence-electron chi connectivity index (χ3n) is 2.13. The lowest BCUT2D eigenvalue weighted by Gasteiger charge is -1.94. The lowest BCUT2D eigenvalue weighted by atomic mass is 10.2. The van der Waals surface area contributed by atoms with Crippen LogP contribution in [0.15, 0.2) is 39.4 Å². The third kappa shape index (κ3) is 2.59. The number of fused-ring (bicyclic) bond motifs is 1. The number of nitrogens with two attached hydrogens (primary N) is 2. The Hall–Kier alpha value is -1.53. The largest absolute Gasteiger partial charge is 0.369 e. The van der Waals surface area contributed by atoms with Crippen molar-refractivity contribution in [3.05, 3.63) is 29.1 Å². The van der Waals surface area contributed by atoms with Gasteiger partial charge in [-0.15, -0.1) is 28.2 Å². The minimum Gasteiger partial charge on any atom is -0.369 e. The Morgan fingerprint density at radius 3 is 2.82 bits per heavy atom. The maximum atomic E-state index is 5.21. The van der Waals surface area contributed by atoms with Gasteiger partial charge >= 0.3 is 0 Å². The fraction of sp³-hybridized carbons (Fsp3) is 0.0909. The number of hydrogen-bond acceptors (Lipinski definition) is 4. The van der Waals surface area contributed by atoms with Crippen molar-refractivity contribution in [3.63, 3.8) is 0 Å². The van der Waals surface area contributed by atoms with Gasteiger partial charge in [-0.2, -0.15) is 5.10 Å². The summed E-state index contributed by atoms with van der Waals surface area (Å²) in [4.78, 5) is 2.28. The molecular formula is C11H12N4S2. The van der Waals surface area contributed by atoms with E-state index in [4.69, 9.17) is 11.5 Å². The van der Waals surface area contributed by atoms with Crippen molar-refractivity contribution in [1.82, 2.24) is 0 Å². The zero-order chi connectivity index (χ0) is 12.3. The molecule has 1 aromatic heterocycles. The molecule has 0 saturated heterocycles. The fourth-order valence-corrected chi connectivity index (χ4v) is 3.54. The highest BCUT2D eigenvalue weighted by Gasteiger charge is 2.08. The molecule has 0 atom stereocenters. The first kappa shape index (κ1) is 11.9. The highest BCUT2D eigenvalue weighted by molar-refractivity contribution is 7.99. The number of thiophene rings is 1. The van der Waals surface area contributed by atoms with Gasteiger partial charge in [-0.05, 0) is 12.3 Å². The summed E-state index contributed by atoms with van der Waals surface area (Å²) in [7, 11) is 0. The van der Waals surface area contributed by atoms with E-state index in [1.54, 1.807) is 29.3 Å². The molecule has 0 unspecified atom stereocenters. The van der Waals surface area contributed by atoms with Crippen LogP contribution in [0.25, 0.3) is 10.1 Å². The molecule has 4 N–H and O–H groups in total. The van der Waals surface area contributed by atoms with E-state index in [0.29, 0.717) is 0 Å². The van der Waals surface area contributed by atoms with Crippen LogP contribution in [-0.4, -0.2) is 18.4 Å². The minimum atomic E-state index is -0.0342. The topological polar surface area (TPSA) is 76.8 Å². The van der Waals surface area contributed by atoms with Crippen LogP contribution < -0.4 is 11.5 Å². The third-order valence-corrected chi connectivity index (χ3v) is 4.21. The van der Waals surface area contributed by atoms with Crippen LogP contribution in [0.2, 0.25) is 0 Å². The molecule has 0 aliphatic rings. The molecule has 4 nitrogen and oxygen atoms in total. The van der Waals surface area contributed by atoms with E-state index in [9.17, 15) is 0 Å². The van der Waals surface area contributed by atoms with Crippen LogP contribution in [0, 0.1) is 0 Å². The van der Waals surface area contributed by atoms with Gasteiger partial charge in [-0.25, -0.2) is 0 Å². The van der Waals surface area contributed by atoms with Gasteiger partial charge in [0.1, 0.15) is 0 Å². The van der Waals surface area contributed by atoms with Crippen LogP contribution >= 0.6 is 23.1 Å². The standard InChI is InChI=1S/C11H12N4S2/c1-16-10-7-4-2-3-5-8(7)17-9(10)6-14-15-11(12)13/h2-6H,1H3,(H4,12,13,15)/b14-6+. The summed E-state index contributed by atoms with van der Waals surface area (Å²) < 4.78 is 1.24. The van der Waals surface area contributed by atoms with Gasteiger partial charge in [0.2, 0.25) is 5.96 Å². The van der Waals surface area contributed by atoms with E-state index in [-0.39, 0.29) is 5.96 Å². The molecule has 6 heteroatoms. The Kier molecular flexibility index (Phi) is 3.65. The molecule has 1 heterocycles. The number of guanidine groups is 1. The summed E-state index contributed by atoms with van der Waals surface area (Å²) in [6.07, 6.45) is 3.74. The molecule has 0 radical (unpaired) electrons. The summed E-state index contributed by atoms with van der Waals surface area (Å²) in [5.74, 6) is -0.0342. The van der Waals surface area contributed by atoms with Gasteiger partial charge in [-0.1, -0.05) is 18.2 Å². The summed E-state index contributed by atoms with van der Waals surface area (Å²) >= 11 is 3.38. The normalized spacial score (nSPS) is 11.1. The van der Waals surface area contributed by atoms with Crippen molar-refractivity contribution in [2.24, 2.45) is 21.7 Å². The van der Waals surface area contributed by atoms with Gasteiger partial charge in [0, 0.05) is 15.0 Å². The van der Waals surface area contributed by atoms with Crippen LogP contribution in [-0.2, 0) is 0 Å². The van der Waals surface area contributed by atoms with Crippen LogP contribution in [0.5, 0.6) is 0 Å². The number of rotatable bonds is 3. The molecule has 2 rings (SSSR count). The van der Waals surface area contributed by atoms with Crippen LogP contribution in [0.1, 0.15) is 4.88 Å².